The highest BCUT2D eigenvalue weighted by Crippen LogP contribution is 2.19. The molecule has 4 nitrogen and oxygen atoms in total. The molecule has 0 aromatic carbocycles. The van der Waals surface area contributed by atoms with E-state index >= 15 is 0 Å². The Kier molecular flexibility index (Phi) is 5.12. The number of rotatable bonds is 6. The molecule has 2 aromatic heterocycles. The van der Waals surface area contributed by atoms with Gasteiger partial charge in [-0.05, 0) is 24.7 Å². The molecule has 0 saturated carbocycles. The molecule has 0 aliphatic rings. The molecule has 5 heteroatoms. The molecule has 0 aliphatic carbocycles. The summed E-state index contributed by atoms with van der Waals surface area (Å²) in [6, 6.07) is 7.70. The Bertz CT molecular complexity index is 519. The Hall–Kier alpha value is -1.65. The molecular formula is C14H16ClN3O. The van der Waals surface area contributed by atoms with Crippen molar-refractivity contribution in [3.05, 3.63) is 52.9 Å². The lowest BCUT2D eigenvalue weighted by Gasteiger charge is -2.08. The fraction of sp³-hybridized carbons (Fsp3) is 0.286. The Morgan fingerprint density at radius 1 is 1.32 bits per heavy atom. The second kappa shape index (κ2) is 7.07. The predicted molar refractivity (Wildman–Crippen MR) is 75.4 cm³/mol. The quantitative estimate of drug-likeness (QED) is 0.881. The average molecular weight is 278 g/mol. The van der Waals surface area contributed by atoms with Gasteiger partial charge in [-0.15, -0.1) is 0 Å². The van der Waals surface area contributed by atoms with Crippen molar-refractivity contribution in [2.45, 2.75) is 13.0 Å². The standard InChI is InChI=1S/C14H16ClN3O/c1-16-9-11-8-14(18-10-13(11)15)19-7-5-12-4-2-3-6-17-12/h2-4,6,8,10,16H,5,7,9H2,1H3. The van der Waals surface area contributed by atoms with Gasteiger partial charge < -0.3 is 10.1 Å². The summed E-state index contributed by atoms with van der Waals surface area (Å²) in [5, 5.41) is 3.70. The third-order valence-electron chi connectivity index (χ3n) is 2.61. The lowest BCUT2D eigenvalue weighted by molar-refractivity contribution is 0.308. The second-order valence-corrected chi connectivity index (χ2v) is 4.47. The summed E-state index contributed by atoms with van der Waals surface area (Å²) in [5.41, 5.74) is 1.99. The third-order valence-corrected chi connectivity index (χ3v) is 2.95. The molecule has 0 atom stereocenters. The largest absolute Gasteiger partial charge is 0.477 e. The predicted octanol–water partition coefficient (Wildman–Crippen LogP) is 2.47. The molecule has 0 fully saturated rings. The molecule has 0 spiro atoms. The van der Waals surface area contributed by atoms with Crippen molar-refractivity contribution in [1.29, 1.82) is 0 Å². The maximum absolute atomic E-state index is 6.04. The van der Waals surface area contributed by atoms with Crippen LogP contribution < -0.4 is 10.1 Å². The van der Waals surface area contributed by atoms with Gasteiger partial charge in [0.15, 0.2) is 0 Å². The molecule has 19 heavy (non-hydrogen) atoms. The van der Waals surface area contributed by atoms with E-state index in [2.05, 4.69) is 15.3 Å². The van der Waals surface area contributed by atoms with Crippen LogP contribution in [0, 0.1) is 0 Å². The van der Waals surface area contributed by atoms with Crippen LogP contribution in [0.3, 0.4) is 0 Å². The summed E-state index contributed by atoms with van der Waals surface area (Å²) in [6.45, 7) is 1.24. The third kappa shape index (κ3) is 4.19. The van der Waals surface area contributed by atoms with E-state index in [1.54, 1.807) is 12.4 Å². The van der Waals surface area contributed by atoms with E-state index in [1.807, 2.05) is 31.3 Å². The van der Waals surface area contributed by atoms with Gasteiger partial charge in [-0.2, -0.15) is 0 Å². The Labute approximate surface area is 117 Å². The van der Waals surface area contributed by atoms with Crippen molar-refractivity contribution in [3.63, 3.8) is 0 Å². The van der Waals surface area contributed by atoms with Crippen LogP contribution in [-0.2, 0) is 13.0 Å². The molecular weight excluding hydrogens is 262 g/mol. The van der Waals surface area contributed by atoms with Gasteiger partial charge in [-0.3, -0.25) is 4.98 Å². The zero-order valence-electron chi connectivity index (χ0n) is 10.8. The van der Waals surface area contributed by atoms with Crippen LogP contribution in [0.2, 0.25) is 5.02 Å². The van der Waals surface area contributed by atoms with Crippen LogP contribution >= 0.6 is 11.6 Å². The van der Waals surface area contributed by atoms with Gasteiger partial charge in [0.2, 0.25) is 5.88 Å². The van der Waals surface area contributed by atoms with Crippen LogP contribution in [0.1, 0.15) is 11.3 Å². The van der Waals surface area contributed by atoms with Crippen molar-refractivity contribution in [2.24, 2.45) is 0 Å². The molecule has 0 saturated heterocycles. The summed E-state index contributed by atoms with van der Waals surface area (Å²) in [7, 11) is 1.87. The van der Waals surface area contributed by atoms with Crippen molar-refractivity contribution < 1.29 is 4.74 Å². The number of aromatic nitrogens is 2. The number of nitrogens with one attached hydrogen (secondary N) is 1. The topological polar surface area (TPSA) is 47.0 Å². The first-order chi connectivity index (χ1) is 9.29. The van der Waals surface area contributed by atoms with Crippen molar-refractivity contribution in [3.8, 4) is 5.88 Å². The molecule has 2 aromatic rings. The van der Waals surface area contributed by atoms with E-state index < -0.39 is 0 Å². The fourth-order valence-electron chi connectivity index (χ4n) is 1.67. The first-order valence-corrected chi connectivity index (χ1v) is 6.49. The van der Waals surface area contributed by atoms with E-state index in [-0.39, 0.29) is 0 Å². The van der Waals surface area contributed by atoms with Crippen LogP contribution in [0.15, 0.2) is 36.7 Å². The Morgan fingerprint density at radius 3 is 2.95 bits per heavy atom. The number of nitrogens with zero attached hydrogens (tertiary/aromatic N) is 2. The highest BCUT2D eigenvalue weighted by atomic mass is 35.5. The van der Waals surface area contributed by atoms with E-state index in [4.69, 9.17) is 16.3 Å². The van der Waals surface area contributed by atoms with Gasteiger partial charge in [0.25, 0.3) is 0 Å². The van der Waals surface area contributed by atoms with Crippen molar-refractivity contribution in [1.82, 2.24) is 15.3 Å². The first kappa shape index (κ1) is 13.8. The minimum atomic E-state index is 0.546. The Balaban J connectivity index is 1.91. The molecule has 0 radical (unpaired) electrons. The zero-order chi connectivity index (χ0) is 13.5. The van der Waals surface area contributed by atoms with E-state index in [0.717, 1.165) is 17.7 Å². The number of hydrogen-bond donors (Lipinski definition) is 1. The zero-order valence-corrected chi connectivity index (χ0v) is 11.5. The van der Waals surface area contributed by atoms with E-state index in [1.165, 1.54) is 0 Å². The molecule has 0 bridgehead atoms. The minimum Gasteiger partial charge on any atom is -0.477 e. The number of hydrogen-bond acceptors (Lipinski definition) is 4. The summed E-state index contributed by atoms with van der Waals surface area (Å²) in [4.78, 5) is 8.39. The second-order valence-electron chi connectivity index (χ2n) is 4.06. The number of halogens is 1. The highest BCUT2D eigenvalue weighted by Gasteiger charge is 2.04. The lowest BCUT2D eigenvalue weighted by Crippen LogP contribution is -2.08. The SMILES string of the molecule is CNCc1cc(OCCc2ccccn2)ncc1Cl. The molecule has 0 aliphatic heterocycles. The molecule has 2 heterocycles. The first-order valence-electron chi connectivity index (χ1n) is 6.11. The van der Waals surface area contributed by atoms with Gasteiger partial charge in [0.05, 0.1) is 11.6 Å². The minimum absolute atomic E-state index is 0.546. The maximum atomic E-state index is 6.04. The van der Waals surface area contributed by atoms with Crippen LogP contribution in [0.4, 0.5) is 0 Å². The smallest absolute Gasteiger partial charge is 0.213 e. The fourth-order valence-corrected chi connectivity index (χ4v) is 1.84. The summed E-state index contributed by atoms with van der Waals surface area (Å²) in [6.07, 6.45) is 4.15. The highest BCUT2D eigenvalue weighted by molar-refractivity contribution is 6.31. The van der Waals surface area contributed by atoms with Crippen LogP contribution in [-0.4, -0.2) is 23.6 Å². The molecule has 1 N–H and O–H groups in total. The summed E-state index contributed by atoms with van der Waals surface area (Å²) < 4.78 is 5.61. The molecule has 2 rings (SSSR count). The summed E-state index contributed by atoms with van der Waals surface area (Å²) in [5.74, 6) is 0.589. The van der Waals surface area contributed by atoms with Gasteiger partial charge in [0.1, 0.15) is 0 Å². The normalized spacial score (nSPS) is 10.4. The van der Waals surface area contributed by atoms with Gasteiger partial charge >= 0.3 is 0 Å². The molecule has 100 valence electrons. The maximum Gasteiger partial charge on any atom is 0.213 e. The number of pyridine rings is 2. The Morgan fingerprint density at radius 2 is 2.21 bits per heavy atom. The summed E-state index contributed by atoms with van der Waals surface area (Å²) >= 11 is 6.04. The van der Waals surface area contributed by atoms with E-state index in [0.29, 0.717) is 24.1 Å². The van der Waals surface area contributed by atoms with Crippen molar-refractivity contribution >= 4 is 11.6 Å². The lowest BCUT2D eigenvalue weighted by atomic mass is 10.2. The van der Waals surface area contributed by atoms with E-state index in [9.17, 15) is 0 Å². The number of ether oxygens (including phenoxy) is 1. The molecule has 0 amide bonds. The van der Waals surface area contributed by atoms with Gasteiger partial charge in [-0.1, -0.05) is 17.7 Å². The van der Waals surface area contributed by atoms with Crippen LogP contribution in [0.5, 0.6) is 5.88 Å². The van der Waals surface area contributed by atoms with Gasteiger partial charge in [-0.25, -0.2) is 4.98 Å². The van der Waals surface area contributed by atoms with Crippen molar-refractivity contribution in [2.75, 3.05) is 13.7 Å². The average Bonchev–Trinajstić information content (AvgIpc) is 2.44. The van der Waals surface area contributed by atoms with Gasteiger partial charge in [0, 0.05) is 37.1 Å². The van der Waals surface area contributed by atoms with Crippen LogP contribution in [0.25, 0.3) is 0 Å². The molecule has 0 unspecified atom stereocenters. The monoisotopic (exact) mass is 277 g/mol.